The van der Waals surface area contributed by atoms with Gasteiger partial charge in [-0.2, -0.15) is 0 Å². The van der Waals surface area contributed by atoms with E-state index in [1.807, 2.05) is 0 Å². The van der Waals surface area contributed by atoms with Gasteiger partial charge >= 0.3 is 0 Å². The fourth-order valence-electron chi connectivity index (χ4n) is 1.72. The highest BCUT2D eigenvalue weighted by Gasteiger charge is 2.13. The first-order valence-electron chi connectivity index (χ1n) is 6.13. The van der Waals surface area contributed by atoms with Crippen LogP contribution in [0.4, 0.5) is 0 Å². The van der Waals surface area contributed by atoms with Crippen molar-refractivity contribution < 1.29 is 0 Å². The Hall–Kier alpha value is -0.860. The number of hydrogen-bond donors (Lipinski definition) is 1. The number of rotatable bonds is 6. The topological polar surface area (TPSA) is 15.3 Å². The molecule has 0 saturated heterocycles. The van der Waals surface area contributed by atoms with Crippen LogP contribution in [0.3, 0.4) is 0 Å². The summed E-state index contributed by atoms with van der Waals surface area (Å²) in [6, 6.07) is 11.7. The monoisotopic (exact) mass is 220 g/mol. The van der Waals surface area contributed by atoms with E-state index in [1.54, 1.807) is 0 Å². The quantitative estimate of drug-likeness (QED) is 0.793. The van der Waals surface area contributed by atoms with Crippen LogP contribution in [-0.4, -0.2) is 31.1 Å². The lowest BCUT2D eigenvalue weighted by atomic mass is 10.1. The van der Waals surface area contributed by atoms with Crippen molar-refractivity contribution in [2.75, 3.05) is 20.1 Å². The molecule has 0 fully saturated rings. The lowest BCUT2D eigenvalue weighted by Crippen LogP contribution is -2.36. The van der Waals surface area contributed by atoms with Gasteiger partial charge in [-0.25, -0.2) is 0 Å². The van der Waals surface area contributed by atoms with E-state index >= 15 is 0 Å². The minimum absolute atomic E-state index is 0.429. The van der Waals surface area contributed by atoms with Gasteiger partial charge in [-0.1, -0.05) is 37.3 Å². The zero-order valence-corrected chi connectivity index (χ0v) is 10.9. The third-order valence-corrected chi connectivity index (χ3v) is 3.00. The van der Waals surface area contributed by atoms with Crippen LogP contribution in [0.5, 0.6) is 0 Å². The molecule has 0 bridgehead atoms. The normalized spacial score (nSPS) is 13.4. The Morgan fingerprint density at radius 2 is 1.81 bits per heavy atom. The summed E-state index contributed by atoms with van der Waals surface area (Å²) in [7, 11) is 2.18. The van der Waals surface area contributed by atoms with Gasteiger partial charge in [0, 0.05) is 18.6 Å². The van der Waals surface area contributed by atoms with Crippen molar-refractivity contribution in [2.45, 2.75) is 32.9 Å². The molecule has 0 radical (unpaired) electrons. The van der Waals surface area contributed by atoms with E-state index in [4.69, 9.17) is 0 Å². The van der Waals surface area contributed by atoms with Gasteiger partial charge in [0.05, 0.1) is 0 Å². The van der Waals surface area contributed by atoms with Gasteiger partial charge in [0.2, 0.25) is 0 Å². The molecule has 1 aromatic rings. The first-order chi connectivity index (χ1) is 7.65. The molecule has 0 saturated carbocycles. The van der Waals surface area contributed by atoms with Crippen molar-refractivity contribution in [3.63, 3.8) is 0 Å². The Morgan fingerprint density at radius 1 is 1.19 bits per heavy atom. The van der Waals surface area contributed by atoms with E-state index in [-0.39, 0.29) is 0 Å². The van der Waals surface area contributed by atoms with Crippen LogP contribution in [0.25, 0.3) is 0 Å². The van der Waals surface area contributed by atoms with Crippen LogP contribution in [-0.2, 0) is 0 Å². The van der Waals surface area contributed by atoms with Crippen LogP contribution in [0, 0.1) is 0 Å². The Bertz CT molecular complexity index is 282. The van der Waals surface area contributed by atoms with Crippen molar-refractivity contribution in [2.24, 2.45) is 0 Å². The van der Waals surface area contributed by atoms with Gasteiger partial charge < -0.3 is 10.2 Å². The van der Waals surface area contributed by atoms with Crippen molar-refractivity contribution in [1.29, 1.82) is 0 Å². The molecule has 1 rings (SSSR count). The fourth-order valence-corrected chi connectivity index (χ4v) is 1.72. The molecule has 1 atom stereocenters. The molecule has 0 aromatic heterocycles. The van der Waals surface area contributed by atoms with E-state index in [0.717, 1.165) is 13.1 Å². The molecule has 0 amide bonds. The van der Waals surface area contributed by atoms with E-state index in [9.17, 15) is 0 Å². The molecule has 0 heterocycles. The predicted octanol–water partition coefficient (Wildman–Crippen LogP) is 2.68. The molecule has 0 aliphatic heterocycles. The standard InChI is InChI=1S/C14H24N2/c1-5-15-14(11-16(4)12(2)3)13-9-7-6-8-10-13/h6-10,12,14-15H,5,11H2,1-4H3. The fraction of sp³-hybridized carbons (Fsp3) is 0.571. The summed E-state index contributed by atoms with van der Waals surface area (Å²) < 4.78 is 0. The van der Waals surface area contributed by atoms with Gasteiger partial charge in [-0.05, 0) is 33.0 Å². The summed E-state index contributed by atoms with van der Waals surface area (Å²) in [4.78, 5) is 2.38. The highest BCUT2D eigenvalue weighted by atomic mass is 15.1. The molecule has 90 valence electrons. The number of hydrogen-bond acceptors (Lipinski definition) is 2. The van der Waals surface area contributed by atoms with E-state index in [0.29, 0.717) is 12.1 Å². The molecule has 1 aromatic carbocycles. The van der Waals surface area contributed by atoms with Gasteiger partial charge in [-0.15, -0.1) is 0 Å². The van der Waals surface area contributed by atoms with Crippen molar-refractivity contribution in [3.05, 3.63) is 35.9 Å². The average Bonchev–Trinajstić information content (AvgIpc) is 2.29. The lowest BCUT2D eigenvalue weighted by molar-refractivity contribution is 0.243. The maximum absolute atomic E-state index is 3.54. The maximum Gasteiger partial charge on any atom is 0.0449 e. The minimum atomic E-state index is 0.429. The Balaban J connectivity index is 2.68. The molecule has 0 spiro atoms. The Labute approximate surface area is 99.7 Å². The smallest absolute Gasteiger partial charge is 0.0449 e. The average molecular weight is 220 g/mol. The molecule has 2 nitrogen and oxygen atoms in total. The third-order valence-electron chi connectivity index (χ3n) is 3.00. The number of nitrogens with zero attached hydrogens (tertiary/aromatic N) is 1. The van der Waals surface area contributed by atoms with E-state index < -0.39 is 0 Å². The molecule has 16 heavy (non-hydrogen) atoms. The predicted molar refractivity (Wildman–Crippen MR) is 70.6 cm³/mol. The number of likely N-dealkylation sites (N-methyl/N-ethyl adjacent to an activating group) is 2. The second-order valence-corrected chi connectivity index (χ2v) is 4.55. The molecule has 0 aliphatic carbocycles. The molecular weight excluding hydrogens is 196 g/mol. The Kier molecular flexibility index (Phi) is 5.50. The minimum Gasteiger partial charge on any atom is -0.309 e. The summed E-state index contributed by atoms with van der Waals surface area (Å²) in [5.41, 5.74) is 1.37. The second kappa shape index (κ2) is 6.66. The van der Waals surface area contributed by atoms with Gasteiger partial charge in [0.15, 0.2) is 0 Å². The molecule has 1 unspecified atom stereocenters. The zero-order chi connectivity index (χ0) is 12.0. The van der Waals surface area contributed by atoms with Crippen LogP contribution >= 0.6 is 0 Å². The van der Waals surface area contributed by atoms with Gasteiger partial charge in [0.1, 0.15) is 0 Å². The van der Waals surface area contributed by atoms with E-state index in [1.165, 1.54) is 5.56 Å². The molecular formula is C14H24N2. The van der Waals surface area contributed by atoms with E-state index in [2.05, 4.69) is 68.4 Å². The van der Waals surface area contributed by atoms with Crippen LogP contribution in [0.15, 0.2) is 30.3 Å². The lowest BCUT2D eigenvalue weighted by Gasteiger charge is -2.27. The van der Waals surface area contributed by atoms with Crippen LogP contribution < -0.4 is 5.32 Å². The van der Waals surface area contributed by atoms with Crippen molar-refractivity contribution >= 4 is 0 Å². The summed E-state index contributed by atoms with van der Waals surface area (Å²) >= 11 is 0. The highest BCUT2D eigenvalue weighted by Crippen LogP contribution is 2.14. The molecule has 0 aliphatic rings. The van der Waals surface area contributed by atoms with Crippen LogP contribution in [0.1, 0.15) is 32.4 Å². The third kappa shape index (κ3) is 3.95. The number of benzene rings is 1. The van der Waals surface area contributed by atoms with Gasteiger partial charge in [-0.3, -0.25) is 0 Å². The molecule has 2 heteroatoms. The summed E-state index contributed by atoms with van der Waals surface area (Å²) in [5.74, 6) is 0. The zero-order valence-electron chi connectivity index (χ0n) is 10.9. The van der Waals surface area contributed by atoms with Crippen molar-refractivity contribution in [3.8, 4) is 0 Å². The summed E-state index contributed by atoms with van der Waals surface area (Å²) in [6.45, 7) is 8.67. The SMILES string of the molecule is CCNC(CN(C)C(C)C)c1ccccc1. The Morgan fingerprint density at radius 3 is 2.31 bits per heavy atom. The summed E-state index contributed by atoms with van der Waals surface area (Å²) in [5, 5.41) is 3.54. The summed E-state index contributed by atoms with van der Waals surface area (Å²) in [6.07, 6.45) is 0. The number of nitrogens with one attached hydrogen (secondary N) is 1. The van der Waals surface area contributed by atoms with Crippen LogP contribution in [0.2, 0.25) is 0 Å². The highest BCUT2D eigenvalue weighted by molar-refractivity contribution is 5.19. The molecule has 1 N–H and O–H groups in total. The second-order valence-electron chi connectivity index (χ2n) is 4.55. The van der Waals surface area contributed by atoms with Gasteiger partial charge in [0.25, 0.3) is 0 Å². The van der Waals surface area contributed by atoms with Crippen molar-refractivity contribution in [1.82, 2.24) is 10.2 Å². The first kappa shape index (κ1) is 13.2. The largest absolute Gasteiger partial charge is 0.309 e. The maximum atomic E-state index is 3.54. The first-order valence-corrected chi connectivity index (χ1v) is 6.13.